The predicted octanol–water partition coefficient (Wildman–Crippen LogP) is 1.60. The lowest BCUT2D eigenvalue weighted by Crippen LogP contribution is -2.57. The van der Waals surface area contributed by atoms with E-state index in [1.165, 1.54) is 12.8 Å². The fourth-order valence-corrected chi connectivity index (χ4v) is 3.21. The number of hydrogen-bond donors (Lipinski definition) is 2. The van der Waals surface area contributed by atoms with Gasteiger partial charge in [-0.1, -0.05) is 30.3 Å². The Balaban J connectivity index is 1.28. The first-order chi connectivity index (χ1) is 10.8. The number of nitrogens with one attached hydrogen (secondary N) is 2. The summed E-state index contributed by atoms with van der Waals surface area (Å²) in [4.78, 5) is 14.2. The Bertz CT molecular complexity index is 468. The van der Waals surface area contributed by atoms with Crippen molar-refractivity contribution in [2.75, 3.05) is 32.7 Å². The summed E-state index contributed by atoms with van der Waals surface area (Å²) in [5.74, 6) is 0.569. The fourth-order valence-electron chi connectivity index (χ4n) is 3.21. The number of hydrogen-bond acceptors (Lipinski definition) is 4. The van der Waals surface area contributed by atoms with Gasteiger partial charge in [-0.25, -0.2) is 4.79 Å². The molecule has 1 amide bonds. The second kappa shape index (κ2) is 7.61. The summed E-state index contributed by atoms with van der Waals surface area (Å²) in [7, 11) is 0. The molecule has 0 aliphatic carbocycles. The number of alkyl carbamates (subject to hydrolysis) is 1. The summed E-state index contributed by atoms with van der Waals surface area (Å²) < 4.78 is 5.22. The van der Waals surface area contributed by atoms with Gasteiger partial charge in [0, 0.05) is 31.6 Å². The summed E-state index contributed by atoms with van der Waals surface area (Å²) in [6, 6.07) is 10.5. The zero-order valence-corrected chi connectivity index (χ0v) is 13.0. The highest BCUT2D eigenvalue weighted by Gasteiger charge is 2.32. The molecular weight excluding hydrogens is 278 g/mol. The van der Waals surface area contributed by atoms with E-state index in [2.05, 4.69) is 15.5 Å². The first-order valence-corrected chi connectivity index (χ1v) is 8.20. The number of benzene rings is 1. The van der Waals surface area contributed by atoms with Crippen molar-refractivity contribution in [2.24, 2.45) is 5.92 Å². The second-order valence-electron chi connectivity index (χ2n) is 6.24. The molecule has 2 fully saturated rings. The van der Waals surface area contributed by atoms with Crippen molar-refractivity contribution in [3.8, 4) is 0 Å². The van der Waals surface area contributed by atoms with Gasteiger partial charge in [0.1, 0.15) is 6.61 Å². The largest absolute Gasteiger partial charge is 0.445 e. The molecule has 120 valence electrons. The van der Waals surface area contributed by atoms with Gasteiger partial charge >= 0.3 is 6.09 Å². The highest BCUT2D eigenvalue weighted by Crippen LogP contribution is 2.22. The lowest BCUT2D eigenvalue weighted by atomic mass is 9.94. The molecule has 0 radical (unpaired) electrons. The topological polar surface area (TPSA) is 53.6 Å². The Morgan fingerprint density at radius 2 is 1.95 bits per heavy atom. The van der Waals surface area contributed by atoms with Gasteiger partial charge in [0.25, 0.3) is 0 Å². The van der Waals surface area contributed by atoms with Crippen molar-refractivity contribution in [2.45, 2.75) is 25.5 Å². The Morgan fingerprint density at radius 1 is 1.23 bits per heavy atom. The molecule has 0 saturated carbocycles. The number of likely N-dealkylation sites (tertiary alicyclic amines) is 1. The Hall–Kier alpha value is -1.59. The van der Waals surface area contributed by atoms with Gasteiger partial charge in [0.05, 0.1) is 0 Å². The maximum absolute atomic E-state index is 11.7. The Morgan fingerprint density at radius 3 is 2.68 bits per heavy atom. The minimum Gasteiger partial charge on any atom is -0.445 e. The van der Waals surface area contributed by atoms with Crippen LogP contribution in [0.4, 0.5) is 4.79 Å². The lowest BCUT2D eigenvalue weighted by Gasteiger charge is -2.45. The highest BCUT2D eigenvalue weighted by atomic mass is 16.5. The van der Waals surface area contributed by atoms with Crippen molar-refractivity contribution in [1.29, 1.82) is 0 Å². The van der Waals surface area contributed by atoms with Gasteiger partial charge in [-0.15, -0.1) is 0 Å². The smallest absolute Gasteiger partial charge is 0.407 e. The number of nitrogens with zero attached hydrogens (tertiary/aromatic N) is 1. The number of amides is 1. The van der Waals surface area contributed by atoms with Crippen LogP contribution < -0.4 is 10.6 Å². The molecular formula is C17H25N3O2. The van der Waals surface area contributed by atoms with E-state index in [0.717, 1.165) is 44.3 Å². The van der Waals surface area contributed by atoms with E-state index in [-0.39, 0.29) is 6.09 Å². The van der Waals surface area contributed by atoms with Crippen molar-refractivity contribution < 1.29 is 9.53 Å². The standard InChI is InChI=1S/C17H25N3O2/c21-17(22-13-14-4-2-1-3-5-14)19-10-15-11-20(12-15)16-6-8-18-9-7-16/h1-5,15-16,18H,6-13H2,(H,19,21). The third-order valence-corrected chi connectivity index (χ3v) is 4.56. The average molecular weight is 303 g/mol. The molecule has 2 aliphatic rings. The quantitative estimate of drug-likeness (QED) is 0.867. The minimum atomic E-state index is -0.316. The molecule has 3 rings (SSSR count). The van der Waals surface area contributed by atoms with Crippen LogP contribution in [0.2, 0.25) is 0 Å². The Labute approximate surface area is 132 Å². The van der Waals surface area contributed by atoms with Crippen molar-refractivity contribution in [1.82, 2.24) is 15.5 Å². The molecule has 1 aromatic carbocycles. The number of carbonyl (C=O) groups excluding carboxylic acids is 1. The number of piperidine rings is 1. The van der Waals surface area contributed by atoms with Crippen LogP contribution in [0.1, 0.15) is 18.4 Å². The zero-order valence-electron chi connectivity index (χ0n) is 13.0. The Kier molecular flexibility index (Phi) is 5.29. The van der Waals surface area contributed by atoms with Crippen LogP contribution in [0.3, 0.4) is 0 Å². The van der Waals surface area contributed by atoms with Gasteiger partial charge in [0.2, 0.25) is 0 Å². The second-order valence-corrected chi connectivity index (χ2v) is 6.24. The zero-order chi connectivity index (χ0) is 15.2. The monoisotopic (exact) mass is 303 g/mol. The van der Waals surface area contributed by atoms with Crippen molar-refractivity contribution >= 4 is 6.09 Å². The molecule has 5 heteroatoms. The normalized spacial score (nSPS) is 20.4. The third kappa shape index (κ3) is 4.21. The molecule has 0 unspecified atom stereocenters. The van der Waals surface area contributed by atoms with Gasteiger partial charge in [0.15, 0.2) is 0 Å². The summed E-state index contributed by atoms with van der Waals surface area (Å²) in [6.45, 7) is 5.52. The number of carbonyl (C=O) groups is 1. The minimum absolute atomic E-state index is 0.316. The molecule has 0 atom stereocenters. The molecule has 2 N–H and O–H groups in total. The predicted molar refractivity (Wildman–Crippen MR) is 85.6 cm³/mol. The summed E-state index contributed by atoms with van der Waals surface area (Å²) in [5, 5.41) is 6.27. The number of ether oxygens (including phenoxy) is 1. The molecule has 0 spiro atoms. The lowest BCUT2D eigenvalue weighted by molar-refractivity contribution is 0.0376. The van der Waals surface area contributed by atoms with E-state index in [0.29, 0.717) is 12.5 Å². The van der Waals surface area contributed by atoms with E-state index < -0.39 is 0 Å². The van der Waals surface area contributed by atoms with E-state index in [4.69, 9.17) is 4.74 Å². The summed E-state index contributed by atoms with van der Waals surface area (Å²) >= 11 is 0. The van der Waals surface area contributed by atoms with Crippen LogP contribution in [-0.2, 0) is 11.3 Å². The molecule has 0 bridgehead atoms. The molecule has 2 saturated heterocycles. The van der Waals surface area contributed by atoms with Gasteiger partial charge in [-0.05, 0) is 31.5 Å². The first kappa shape index (κ1) is 15.3. The van der Waals surface area contributed by atoms with Gasteiger partial charge in [-0.2, -0.15) is 0 Å². The van der Waals surface area contributed by atoms with Crippen LogP contribution in [0.25, 0.3) is 0 Å². The summed E-state index contributed by atoms with van der Waals surface area (Å²) in [5.41, 5.74) is 1.01. The summed E-state index contributed by atoms with van der Waals surface area (Å²) in [6.07, 6.45) is 2.18. The van der Waals surface area contributed by atoms with Crippen molar-refractivity contribution in [3.63, 3.8) is 0 Å². The van der Waals surface area contributed by atoms with Crippen molar-refractivity contribution in [3.05, 3.63) is 35.9 Å². The number of rotatable bonds is 5. The van der Waals surface area contributed by atoms with Gasteiger partial charge in [-0.3, -0.25) is 4.90 Å². The van der Waals surface area contributed by atoms with E-state index in [1.807, 2.05) is 30.3 Å². The molecule has 0 aromatic heterocycles. The maximum atomic E-state index is 11.7. The van der Waals surface area contributed by atoms with E-state index in [1.54, 1.807) is 0 Å². The fraction of sp³-hybridized carbons (Fsp3) is 0.588. The molecule has 5 nitrogen and oxygen atoms in total. The molecule has 1 aromatic rings. The van der Waals surface area contributed by atoms with Crippen LogP contribution in [0.5, 0.6) is 0 Å². The molecule has 2 aliphatic heterocycles. The molecule has 2 heterocycles. The van der Waals surface area contributed by atoms with Gasteiger partial charge < -0.3 is 15.4 Å². The van der Waals surface area contributed by atoms with Crippen LogP contribution in [0.15, 0.2) is 30.3 Å². The highest BCUT2D eigenvalue weighted by molar-refractivity contribution is 5.67. The molecule has 22 heavy (non-hydrogen) atoms. The van der Waals surface area contributed by atoms with E-state index >= 15 is 0 Å². The van der Waals surface area contributed by atoms with Crippen LogP contribution in [-0.4, -0.2) is 49.8 Å². The van der Waals surface area contributed by atoms with Crippen LogP contribution >= 0.6 is 0 Å². The average Bonchev–Trinajstić information content (AvgIpc) is 2.53. The first-order valence-electron chi connectivity index (χ1n) is 8.20. The SMILES string of the molecule is O=C(NCC1CN(C2CCNCC2)C1)OCc1ccccc1. The van der Waals surface area contributed by atoms with Crippen LogP contribution in [0, 0.1) is 5.92 Å². The third-order valence-electron chi connectivity index (χ3n) is 4.56. The maximum Gasteiger partial charge on any atom is 0.407 e. The van der Waals surface area contributed by atoms with E-state index in [9.17, 15) is 4.79 Å².